The molecule has 0 N–H and O–H groups in total. The number of aryl methyl sites for hydroxylation is 1. The van der Waals surface area contributed by atoms with Crippen LogP contribution in [0.1, 0.15) is 22.5 Å². The third kappa shape index (κ3) is 2.38. The van der Waals surface area contributed by atoms with Crippen molar-refractivity contribution in [1.29, 1.82) is 0 Å². The number of fused-ring (bicyclic) bond motifs is 2. The lowest BCUT2D eigenvalue weighted by Gasteiger charge is -2.04. The summed E-state index contributed by atoms with van der Waals surface area (Å²) in [5.74, 6) is -0.0675. The number of alkyl halides is 2. The van der Waals surface area contributed by atoms with E-state index in [0.29, 0.717) is 23.5 Å². The van der Waals surface area contributed by atoms with Crippen molar-refractivity contribution in [2.24, 2.45) is 12.0 Å². The SMILES string of the molecule is Cn1cccc1C(=O)CC1=Nc2cc3c(cc2C1)OC(F)(F)O3. The van der Waals surface area contributed by atoms with E-state index in [1.54, 1.807) is 29.9 Å². The Morgan fingerprint density at radius 1 is 1.35 bits per heavy atom. The van der Waals surface area contributed by atoms with E-state index in [9.17, 15) is 13.6 Å². The first-order valence-electron chi connectivity index (χ1n) is 7.05. The van der Waals surface area contributed by atoms with Gasteiger partial charge in [-0.15, -0.1) is 8.78 Å². The molecular formula is C16H12F2N2O3. The van der Waals surface area contributed by atoms with E-state index < -0.39 is 6.29 Å². The molecule has 3 heterocycles. The second-order valence-electron chi connectivity index (χ2n) is 5.55. The number of ether oxygens (including phenoxy) is 2. The van der Waals surface area contributed by atoms with E-state index >= 15 is 0 Å². The van der Waals surface area contributed by atoms with Crippen LogP contribution < -0.4 is 9.47 Å². The summed E-state index contributed by atoms with van der Waals surface area (Å²) in [6.45, 7) is 0. The van der Waals surface area contributed by atoms with Gasteiger partial charge in [-0.3, -0.25) is 9.79 Å². The number of carbonyl (C=O) groups is 1. The van der Waals surface area contributed by atoms with Gasteiger partial charge in [-0.25, -0.2) is 0 Å². The molecule has 0 unspecified atom stereocenters. The van der Waals surface area contributed by atoms with E-state index in [4.69, 9.17) is 0 Å². The molecular weight excluding hydrogens is 306 g/mol. The summed E-state index contributed by atoms with van der Waals surface area (Å²) in [5, 5.41) is 0. The maximum atomic E-state index is 13.0. The Kier molecular flexibility index (Phi) is 2.81. The summed E-state index contributed by atoms with van der Waals surface area (Å²) in [5.41, 5.74) is 2.60. The molecule has 2 aliphatic heterocycles. The van der Waals surface area contributed by atoms with Crippen LogP contribution in [0.3, 0.4) is 0 Å². The maximum absolute atomic E-state index is 13.0. The summed E-state index contributed by atoms with van der Waals surface area (Å²) in [6, 6.07) is 6.47. The minimum absolute atomic E-state index is 0.000962. The molecule has 0 aliphatic carbocycles. The second kappa shape index (κ2) is 4.65. The predicted molar refractivity (Wildman–Crippen MR) is 77.8 cm³/mol. The fourth-order valence-corrected chi connectivity index (χ4v) is 2.83. The predicted octanol–water partition coefficient (Wildman–Crippen LogP) is 3.25. The molecule has 0 atom stereocenters. The zero-order valence-electron chi connectivity index (χ0n) is 12.2. The second-order valence-corrected chi connectivity index (χ2v) is 5.55. The third-order valence-electron chi connectivity index (χ3n) is 3.87. The van der Waals surface area contributed by atoms with Crippen LogP contribution in [0.25, 0.3) is 0 Å². The van der Waals surface area contributed by atoms with Gasteiger partial charge in [0.15, 0.2) is 17.3 Å². The van der Waals surface area contributed by atoms with Crippen molar-refractivity contribution in [3.8, 4) is 11.5 Å². The van der Waals surface area contributed by atoms with Crippen LogP contribution in [0.4, 0.5) is 14.5 Å². The van der Waals surface area contributed by atoms with Gasteiger partial charge >= 0.3 is 6.29 Å². The maximum Gasteiger partial charge on any atom is 0.586 e. The highest BCUT2D eigenvalue weighted by atomic mass is 19.3. The fraction of sp³-hybridized carbons (Fsp3) is 0.250. The first kappa shape index (κ1) is 13.9. The molecule has 1 aromatic carbocycles. The largest absolute Gasteiger partial charge is 0.586 e. The lowest BCUT2D eigenvalue weighted by molar-refractivity contribution is -0.286. The van der Waals surface area contributed by atoms with Gasteiger partial charge in [-0.1, -0.05) is 0 Å². The first-order valence-corrected chi connectivity index (χ1v) is 7.05. The number of hydrogen-bond acceptors (Lipinski definition) is 4. The van der Waals surface area contributed by atoms with Crippen LogP contribution in [0, 0.1) is 0 Å². The van der Waals surface area contributed by atoms with E-state index in [-0.39, 0.29) is 23.7 Å². The number of aliphatic imine (C=N–C) groups is 1. The lowest BCUT2D eigenvalue weighted by atomic mass is 10.0. The highest BCUT2D eigenvalue weighted by Gasteiger charge is 2.44. The van der Waals surface area contributed by atoms with Crippen molar-refractivity contribution in [3.05, 3.63) is 41.7 Å². The normalized spacial score (nSPS) is 17.1. The van der Waals surface area contributed by atoms with Crippen LogP contribution in [0.15, 0.2) is 35.5 Å². The molecule has 1 aromatic heterocycles. The number of nitrogens with zero attached hydrogens (tertiary/aromatic N) is 2. The van der Waals surface area contributed by atoms with Crippen molar-refractivity contribution in [2.75, 3.05) is 0 Å². The Labute approximate surface area is 130 Å². The minimum Gasteiger partial charge on any atom is -0.395 e. The number of hydrogen-bond donors (Lipinski definition) is 0. The quantitative estimate of drug-likeness (QED) is 0.816. The van der Waals surface area contributed by atoms with Gasteiger partial charge in [0.25, 0.3) is 0 Å². The van der Waals surface area contributed by atoms with Crippen LogP contribution in [-0.2, 0) is 13.5 Å². The molecule has 0 saturated carbocycles. The topological polar surface area (TPSA) is 52.8 Å². The average molecular weight is 318 g/mol. The molecule has 0 spiro atoms. The highest BCUT2D eigenvalue weighted by molar-refractivity contribution is 6.11. The van der Waals surface area contributed by atoms with Gasteiger partial charge in [0.05, 0.1) is 17.8 Å². The Hall–Kier alpha value is -2.70. The van der Waals surface area contributed by atoms with Gasteiger partial charge in [0.1, 0.15) is 0 Å². The standard InChI is InChI=1S/C16H12F2N2O3/c1-20-4-2-3-12(20)13(21)7-10-5-9-6-14-15(8-11(9)19-10)23-16(17,18)22-14/h2-4,6,8H,5,7H2,1H3. The Morgan fingerprint density at radius 2 is 2.09 bits per heavy atom. The van der Waals surface area contributed by atoms with Crippen molar-refractivity contribution >= 4 is 17.2 Å². The highest BCUT2D eigenvalue weighted by Crippen LogP contribution is 2.46. The number of aromatic nitrogens is 1. The summed E-state index contributed by atoms with van der Waals surface area (Å²) in [4.78, 5) is 16.6. The Balaban J connectivity index is 1.55. The average Bonchev–Trinajstić information content (AvgIpc) is 3.10. The molecule has 0 fully saturated rings. The number of rotatable bonds is 3. The van der Waals surface area contributed by atoms with Crippen molar-refractivity contribution < 1.29 is 23.0 Å². The summed E-state index contributed by atoms with van der Waals surface area (Å²) < 4.78 is 36.7. The van der Waals surface area contributed by atoms with E-state index in [1.807, 2.05) is 0 Å². The molecule has 0 bridgehead atoms. The molecule has 2 aromatic rings. The molecule has 5 nitrogen and oxygen atoms in total. The van der Waals surface area contributed by atoms with Crippen LogP contribution in [0.5, 0.6) is 11.5 Å². The van der Waals surface area contributed by atoms with Gasteiger partial charge in [-0.2, -0.15) is 0 Å². The van der Waals surface area contributed by atoms with Gasteiger partial charge in [-0.05, 0) is 23.8 Å². The zero-order valence-corrected chi connectivity index (χ0v) is 12.2. The summed E-state index contributed by atoms with van der Waals surface area (Å²) in [7, 11) is 1.80. The monoisotopic (exact) mass is 318 g/mol. The minimum atomic E-state index is -3.63. The number of carbonyl (C=O) groups excluding carboxylic acids is 1. The fourth-order valence-electron chi connectivity index (χ4n) is 2.83. The number of Topliss-reactive ketones (excluding diaryl/α,β-unsaturated/α-hetero) is 1. The van der Waals surface area contributed by atoms with Gasteiger partial charge < -0.3 is 14.0 Å². The zero-order chi connectivity index (χ0) is 16.2. The number of halogens is 2. The summed E-state index contributed by atoms with van der Waals surface area (Å²) >= 11 is 0. The van der Waals surface area contributed by atoms with Crippen molar-refractivity contribution in [2.45, 2.75) is 19.1 Å². The molecule has 4 rings (SSSR count). The van der Waals surface area contributed by atoms with E-state index in [1.165, 1.54) is 12.1 Å². The van der Waals surface area contributed by atoms with Crippen LogP contribution in [0.2, 0.25) is 0 Å². The lowest BCUT2D eigenvalue weighted by Crippen LogP contribution is -2.25. The number of ketones is 1. The Morgan fingerprint density at radius 3 is 2.78 bits per heavy atom. The van der Waals surface area contributed by atoms with Gasteiger partial charge in [0.2, 0.25) is 0 Å². The van der Waals surface area contributed by atoms with E-state index in [0.717, 1.165) is 5.56 Å². The molecule has 0 saturated heterocycles. The van der Waals surface area contributed by atoms with E-state index in [2.05, 4.69) is 14.5 Å². The molecule has 2 aliphatic rings. The molecule has 0 amide bonds. The molecule has 23 heavy (non-hydrogen) atoms. The van der Waals surface area contributed by atoms with Crippen molar-refractivity contribution in [1.82, 2.24) is 4.57 Å². The molecule has 7 heteroatoms. The third-order valence-corrected chi connectivity index (χ3v) is 3.87. The molecule has 0 radical (unpaired) electrons. The van der Waals surface area contributed by atoms with Crippen molar-refractivity contribution in [3.63, 3.8) is 0 Å². The molecule has 118 valence electrons. The summed E-state index contributed by atoms with van der Waals surface area (Å²) in [6.07, 6.45) is -1.20. The first-order chi connectivity index (χ1) is 10.9. The number of benzene rings is 1. The van der Waals surface area contributed by atoms with Crippen LogP contribution in [-0.4, -0.2) is 22.4 Å². The van der Waals surface area contributed by atoms with Gasteiger partial charge in [0, 0.05) is 31.4 Å². The van der Waals surface area contributed by atoms with Crippen LogP contribution >= 0.6 is 0 Å². The smallest absolute Gasteiger partial charge is 0.395 e. The Bertz CT molecular complexity index is 855.